The van der Waals surface area contributed by atoms with Crippen molar-refractivity contribution in [1.82, 2.24) is 20.2 Å². The minimum absolute atomic E-state index is 0.118. The van der Waals surface area contributed by atoms with Gasteiger partial charge in [-0.15, -0.1) is 0 Å². The topological polar surface area (TPSA) is 54.2 Å². The van der Waals surface area contributed by atoms with Crippen LogP contribution in [0.4, 0.5) is 13.2 Å². The number of alkyl halides is 2. The maximum atomic E-state index is 12.9. The molecule has 5 nitrogen and oxygen atoms in total. The van der Waals surface area contributed by atoms with Crippen molar-refractivity contribution in [2.75, 3.05) is 6.54 Å². The van der Waals surface area contributed by atoms with E-state index in [0.717, 1.165) is 10.1 Å². The normalized spacial score (nSPS) is 11.8. The fraction of sp³-hybridized carbons (Fsp3) is 0.333. The second-order valence-corrected chi connectivity index (χ2v) is 4.70. The van der Waals surface area contributed by atoms with Crippen LogP contribution in [0.5, 0.6) is 0 Å². The maximum absolute atomic E-state index is 12.9. The number of guanidine groups is 1. The van der Waals surface area contributed by atoms with Crippen molar-refractivity contribution in [2.45, 2.75) is 26.6 Å². The van der Waals surface area contributed by atoms with Gasteiger partial charge in [-0.25, -0.2) is 14.4 Å². The van der Waals surface area contributed by atoms with Gasteiger partial charge in [0.15, 0.2) is 5.96 Å². The van der Waals surface area contributed by atoms with Crippen molar-refractivity contribution in [3.63, 3.8) is 0 Å². The number of rotatable bonds is 6. The first-order valence-electron chi connectivity index (χ1n) is 7.16. The summed E-state index contributed by atoms with van der Waals surface area (Å²) in [6, 6.07) is 6.02. The van der Waals surface area contributed by atoms with Gasteiger partial charge in [-0.2, -0.15) is 8.78 Å². The number of nitrogens with one attached hydrogen (secondary N) is 2. The van der Waals surface area contributed by atoms with Gasteiger partial charge in [-0.1, -0.05) is 12.1 Å². The number of imidazole rings is 1. The predicted molar refractivity (Wildman–Crippen MR) is 81.5 cm³/mol. The van der Waals surface area contributed by atoms with Crippen LogP contribution in [-0.2, 0) is 13.1 Å². The number of aromatic nitrogens is 2. The Balaban J connectivity index is 1.98. The van der Waals surface area contributed by atoms with Crippen molar-refractivity contribution in [1.29, 1.82) is 0 Å². The average Bonchev–Trinajstić information content (AvgIpc) is 3.00. The van der Waals surface area contributed by atoms with Crippen LogP contribution in [0.3, 0.4) is 0 Å². The fourth-order valence-electron chi connectivity index (χ4n) is 1.92. The number of hydrogen-bond donors (Lipinski definition) is 2. The molecule has 0 fully saturated rings. The monoisotopic (exact) mass is 325 g/mol. The first-order chi connectivity index (χ1) is 11.1. The summed E-state index contributed by atoms with van der Waals surface area (Å²) < 4.78 is 39.2. The highest BCUT2D eigenvalue weighted by Gasteiger charge is 2.11. The molecule has 0 bridgehead atoms. The van der Waals surface area contributed by atoms with E-state index in [9.17, 15) is 13.2 Å². The molecule has 0 aliphatic rings. The van der Waals surface area contributed by atoms with Gasteiger partial charge in [0.2, 0.25) is 0 Å². The summed E-state index contributed by atoms with van der Waals surface area (Å²) in [5.74, 6) is 0.384. The molecule has 0 aliphatic carbocycles. The van der Waals surface area contributed by atoms with E-state index in [1.807, 2.05) is 6.92 Å². The van der Waals surface area contributed by atoms with Crippen molar-refractivity contribution in [2.24, 2.45) is 4.99 Å². The lowest BCUT2D eigenvalue weighted by Crippen LogP contribution is -2.37. The second kappa shape index (κ2) is 8.21. The maximum Gasteiger partial charge on any atom is 0.319 e. The molecule has 8 heteroatoms. The molecule has 0 saturated carbocycles. The molecule has 0 amide bonds. The van der Waals surface area contributed by atoms with Gasteiger partial charge in [0.05, 0.1) is 13.1 Å². The largest absolute Gasteiger partial charge is 0.357 e. The lowest BCUT2D eigenvalue weighted by atomic mass is 10.2. The Kier molecular flexibility index (Phi) is 6.02. The molecule has 0 saturated heterocycles. The van der Waals surface area contributed by atoms with Crippen LogP contribution >= 0.6 is 0 Å². The zero-order valence-corrected chi connectivity index (χ0v) is 12.6. The third-order valence-electron chi connectivity index (χ3n) is 3.05. The summed E-state index contributed by atoms with van der Waals surface area (Å²) in [5.41, 5.74) is 0.845. The van der Waals surface area contributed by atoms with Crippen LogP contribution in [0, 0.1) is 5.82 Å². The van der Waals surface area contributed by atoms with E-state index in [4.69, 9.17) is 0 Å². The fourth-order valence-corrected chi connectivity index (χ4v) is 1.92. The van der Waals surface area contributed by atoms with Crippen LogP contribution in [0.25, 0.3) is 0 Å². The van der Waals surface area contributed by atoms with Crippen LogP contribution < -0.4 is 10.6 Å². The van der Waals surface area contributed by atoms with Crippen molar-refractivity contribution in [3.05, 3.63) is 53.9 Å². The lowest BCUT2D eigenvalue weighted by molar-refractivity contribution is 0.0668. The SMILES string of the molecule is CCNC(=NCc1ccc(F)cc1)NCc1nccn1C(F)F. The van der Waals surface area contributed by atoms with Gasteiger partial charge < -0.3 is 10.6 Å². The molecule has 1 heterocycles. The lowest BCUT2D eigenvalue weighted by Gasteiger charge is -2.12. The minimum atomic E-state index is -2.63. The highest BCUT2D eigenvalue weighted by atomic mass is 19.3. The molecule has 2 aromatic rings. The molecule has 1 aromatic carbocycles. The third kappa shape index (κ3) is 5.01. The van der Waals surface area contributed by atoms with E-state index in [0.29, 0.717) is 19.0 Å². The Labute approximate surface area is 132 Å². The average molecular weight is 325 g/mol. The molecule has 124 valence electrons. The number of hydrogen-bond acceptors (Lipinski definition) is 2. The Hall–Kier alpha value is -2.51. The van der Waals surface area contributed by atoms with E-state index in [2.05, 4.69) is 20.6 Å². The number of aliphatic imine (C=N–C) groups is 1. The van der Waals surface area contributed by atoms with E-state index >= 15 is 0 Å². The zero-order valence-electron chi connectivity index (χ0n) is 12.6. The quantitative estimate of drug-likeness (QED) is 0.634. The standard InChI is InChI=1S/C15H18F3N5/c1-2-19-15(21-9-11-3-5-12(16)6-4-11)22-10-13-20-7-8-23(13)14(17)18/h3-8,14H,2,9-10H2,1H3,(H2,19,21,22). The molecule has 0 radical (unpaired) electrons. The van der Waals surface area contributed by atoms with Gasteiger partial charge in [0.1, 0.15) is 11.6 Å². The first kappa shape index (κ1) is 16.9. The molecule has 23 heavy (non-hydrogen) atoms. The minimum Gasteiger partial charge on any atom is -0.357 e. The summed E-state index contributed by atoms with van der Waals surface area (Å²) in [4.78, 5) is 8.23. The Morgan fingerprint density at radius 3 is 2.65 bits per heavy atom. The molecular formula is C15H18F3N5. The second-order valence-electron chi connectivity index (χ2n) is 4.70. The van der Waals surface area contributed by atoms with Gasteiger partial charge in [0.25, 0.3) is 0 Å². The molecule has 0 aliphatic heterocycles. The Morgan fingerprint density at radius 2 is 2.00 bits per heavy atom. The molecule has 1 aromatic heterocycles. The first-order valence-corrected chi connectivity index (χ1v) is 7.16. The van der Waals surface area contributed by atoms with Crippen LogP contribution in [-0.4, -0.2) is 22.1 Å². The molecule has 0 spiro atoms. The van der Waals surface area contributed by atoms with Gasteiger partial charge in [-0.3, -0.25) is 4.57 Å². The van der Waals surface area contributed by atoms with E-state index in [1.165, 1.54) is 24.5 Å². The van der Waals surface area contributed by atoms with E-state index in [-0.39, 0.29) is 18.2 Å². The predicted octanol–water partition coefficient (Wildman–Crippen LogP) is 2.67. The number of nitrogens with zero attached hydrogens (tertiary/aromatic N) is 3. The zero-order chi connectivity index (χ0) is 16.7. The molecule has 0 unspecified atom stereocenters. The van der Waals surface area contributed by atoms with Crippen LogP contribution in [0.15, 0.2) is 41.7 Å². The molecule has 0 atom stereocenters. The summed E-state index contributed by atoms with van der Waals surface area (Å²) in [6.45, 7) is 0.354. The molecule has 2 rings (SSSR count). The third-order valence-corrected chi connectivity index (χ3v) is 3.05. The smallest absolute Gasteiger partial charge is 0.319 e. The number of benzene rings is 1. The number of halogens is 3. The Morgan fingerprint density at radius 1 is 1.26 bits per heavy atom. The molecular weight excluding hydrogens is 307 g/mol. The van der Waals surface area contributed by atoms with E-state index < -0.39 is 6.55 Å². The summed E-state index contributed by atoms with van der Waals surface area (Å²) >= 11 is 0. The van der Waals surface area contributed by atoms with E-state index in [1.54, 1.807) is 12.1 Å². The van der Waals surface area contributed by atoms with Crippen LogP contribution in [0.2, 0.25) is 0 Å². The summed E-state index contributed by atoms with van der Waals surface area (Å²) in [5, 5.41) is 5.96. The van der Waals surface area contributed by atoms with Gasteiger partial charge in [-0.05, 0) is 24.6 Å². The van der Waals surface area contributed by atoms with Gasteiger partial charge >= 0.3 is 6.55 Å². The molecule has 2 N–H and O–H groups in total. The van der Waals surface area contributed by atoms with Crippen molar-refractivity contribution >= 4 is 5.96 Å². The van der Waals surface area contributed by atoms with Crippen LogP contribution in [0.1, 0.15) is 24.9 Å². The van der Waals surface area contributed by atoms with Gasteiger partial charge in [0, 0.05) is 18.9 Å². The van der Waals surface area contributed by atoms with Crippen molar-refractivity contribution in [3.8, 4) is 0 Å². The highest BCUT2D eigenvalue weighted by Crippen LogP contribution is 2.11. The summed E-state index contributed by atoms with van der Waals surface area (Å²) in [6.07, 6.45) is 2.55. The highest BCUT2D eigenvalue weighted by molar-refractivity contribution is 5.79. The Bertz CT molecular complexity index is 637. The summed E-state index contributed by atoms with van der Waals surface area (Å²) in [7, 11) is 0. The van der Waals surface area contributed by atoms with Crippen molar-refractivity contribution < 1.29 is 13.2 Å².